The van der Waals surface area contributed by atoms with E-state index in [2.05, 4.69) is 15.8 Å². The zero-order valence-corrected chi connectivity index (χ0v) is 18.1. The minimum absolute atomic E-state index is 0.0359. The van der Waals surface area contributed by atoms with Crippen LogP contribution in [0.5, 0.6) is 0 Å². The molecule has 2 heterocycles. The lowest BCUT2D eigenvalue weighted by Crippen LogP contribution is -2.61. The Labute approximate surface area is 175 Å². The highest BCUT2D eigenvalue weighted by molar-refractivity contribution is 7.89. The van der Waals surface area contributed by atoms with Crippen LogP contribution in [0.1, 0.15) is 17.0 Å². The van der Waals surface area contributed by atoms with Crippen LogP contribution in [0.3, 0.4) is 0 Å². The number of sulfonamides is 1. The molecule has 2 N–H and O–H groups in total. The van der Waals surface area contributed by atoms with Crippen molar-refractivity contribution in [3.05, 3.63) is 41.3 Å². The molecule has 1 fully saturated rings. The van der Waals surface area contributed by atoms with E-state index in [1.54, 1.807) is 12.1 Å². The molecule has 162 valence electrons. The first kappa shape index (κ1) is 21.8. The van der Waals surface area contributed by atoms with E-state index >= 15 is 0 Å². The van der Waals surface area contributed by atoms with Gasteiger partial charge < -0.3 is 20.1 Å². The molecule has 0 spiro atoms. The highest BCUT2D eigenvalue weighted by Gasteiger charge is 2.43. The molecule has 11 heteroatoms. The largest absolute Gasteiger partial charge is 0.360 e. The fraction of sp³-hybridized carbons (Fsp3) is 0.421. The highest BCUT2D eigenvalue weighted by Crippen LogP contribution is 2.27. The molecule has 1 aliphatic rings. The van der Waals surface area contributed by atoms with Gasteiger partial charge in [0.25, 0.3) is 0 Å². The molecule has 1 unspecified atom stereocenters. The second-order valence-corrected chi connectivity index (χ2v) is 8.97. The average Bonchev–Trinajstić information content (AvgIpc) is 3.07. The molecular weight excluding hydrogens is 410 g/mol. The predicted octanol–water partition coefficient (Wildman–Crippen LogP) is 1.25. The van der Waals surface area contributed by atoms with E-state index in [1.165, 1.54) is 25.8 Å². The number of carbonyl (C=O) groups is 2. The summed E-state index contributed by atoms with van der Waals surface area (Å²) in [6, 6.07) is 5.82. The Morgan fingerprint density at radius 3 is 2.37 bits per heavy atom. The number of nitrogens with zero attached hydrogens (tertiary/aromatic N) is 3. The van der Waals surface area contributed by atoms with Crippen molar-refractivity contribution < 1.29 is 22.5 Å². The molecule has 30 heavy (non-hydrogen) atoms. The van der Waals surface area contributed by atoms with Gasteiger partial charge in [-0.25, -0.2) is 13.2 Å². The number of anilines is 1. The third-order valence-corrected chi connectivity index (χ3v) is 7.16. The number of amides is 3. The number of urea groups is 1. The van der Waals surface area contributed by atoms with Gasteiger partial charge in [-0.3, -0.25) is 4.79 Å². The molecule has 3 amide bonds. The fourth-order valence-electron chi connectivity index (χ4n) is 3.42. The summed E-state index contributed by atoms with van der Waals surface area (Å²) < 4.78 is 32.6. The Hall–Kier alpha value is -2.92. The first-order chi connectivity index (χ1) is 14.1. The summed E-state index contributed by atoms with van der Waals surface area (Å²) >= 11 is 0. The topological polar surface area (TPSA) is 125 Å². The zero-order valence-electron chi connectivity index (χ0n) is 17.3. The average molecular weight is 436 g/mol. The zero-order chi connectivity index (χ0) is 22.1. The predicted molar refractivity (Wildman–Crippen MR) is 109 cm³/mol. The maximum Gasteiger partial charge on any atom is 0.321 e. The second kappa shape index (κ2) is 8.44. The van der Waals surface area contributed by atoms with Crippen LogP contribution in [-0.4, -0.2) is 67.4 Å². The van der Waals surface area contributed by atoms with Gasteiger partial charge in [-0.2, -0.15) is 4.31 Å². The molecule has 1 aliphatic heterocycles. The highest BCUT2D eigenvalue weighted by atomic mass is 32.2. The second-order valence-electron chi connectivity index (χ2n) is 7.14. The van der Waals surface area contributed by atoms with E-state index in [0.29, 0.717) is 5.69 Å². The van der Waals surface area contributed by atoms with Gasteiger partial charge in [-0.15, -0.1) is 0 Å². The summed E-state index contributed by atoms with van der Waals surface area (Å²) in [5, 5.41) is 8.97. The molecule has 1 atom stereocenters. The van der Waals surface area contributed by atoms with Crippen molar-refractivity contribution in [1.82, 2.24) is 19.7 Å². The quantitative estimate of drug-likeness (QED) is 0.745. The number of hydrogen-bond acceptors (Lipinski definition) is 6. The van der Waals surface area contributed by atoms with Crippen molar-refractivity contribution in [2.75, 3.05) is 32.0 Å². The molecule has 0 radical (unpaired) electrons. The summed E-state index contributed by atoms with van der Waals surface area (Å²) in [6.07, 6.45) is 0. The molecular formula is C19H25N5O5S. The van der Waals surface area contributed by atoms with Crippen LogP contribution in [-0.2, 0) is 14.8 Å². The molecule has 3 rings (SSSR count). The third kappa shape index (κ3) is 4.17. The normalized spacial score (nSPS) is 17.6. The Bertz CT molecular complexity index is 1030. The summed E-state index contributed by atoms with van der Waals surface area (Å²) in [5.74, 6) is -0.346. The first-order valence-electron chi connectivity index (χ1n) is 9.44. The lowest BCUT2D eigenvalue weighted by molar-refractivity contribution is -0.125. The molecule has 1 aromatic heterocycles. The van der Waals surface area contributed by atoms with E-state index in [1.807, 2.05) is 19.1 Å². The van der Waals surface area contributed by atoms with Crippen molar-refractivity contribution in [1.29, 1.82) is 0 Å². The van der Waals surface area contributed by atoms with Gasteiger partial charge in [-0.05, 0) is 32.9 Å². The van der Waals surface area contributed by atoms with Crippen molar-refractivity contribution in [3.8, 4) is 0 Å². The number of nitrogens with one attached hydrogen (secondary N) is 2. The Kier molecular flexibility index (Phi) is 6.13. The van der Waals surface area contributed by atoms with Crippen LogP contribution in [0, 0.1) is 20.8 Å². The van der Waals surface area contributed by atoms with E-state index in [-0.39, 0.29) is 36.0 Å². The van der Waals surface area contributed by atoms with Crippen molar-refractivity contribution in [3.63, 3.8) is 0 Å². The number of benzene rings is 1. The number of aromatic nitrogens is 1. The van der Waals surface area contributed by atoms with Crippen molar-refractivity contribution >= 4 is 27.6 Å². The van der Waals surface area contributed by atoms with Gasteiger partial charge in [0.05, 0.1) is 0 Å². The Balaban J connectivity index is 1.83. The van der Waals surface area contributed by atoms with Gasteiger partial charge in [0.1, 0.15) is 16.6 Å². The number of aryl methyl sites for hydroxylation is 3. The summed E-state index contributed by atoms with van der Waals surface area (Å²) in [7, 11) is -2.61. The standard InChI is InChI=1S/C19H25N5O5S/c1-12-5-7-15(8-6-12)21-19(26)23-9-10-24(16(11-23)18(25)20-4)30(27,28)17-13(2)22-29-14(17)3/h5-8,16H,9-11H2,1-4H3,(H,20,25)(H,21,26). The molecule has 2 aromatic rings. The van der Waals surface area contributed by atoms with Crippen LogP contribution in [0.15, 0.2) is 33.7 Å². The lowest BCUT2D eigenvalue weighted by Gasteiger charge is -2.39. The summed E-state index contributed by atoms with van der Waals surface area (Å²) in [4.78, 5) is 26.6. The van der Waals surface area contributed by atoms with E-state index < -0.39 is 28.0 Å². The number of likely N-dealkylation sites (N-methyl/N-ethyl adjacent to an activating group) is 1. The smallest absolute Gasteiger partial charge is 0.321 e. The Morgan fingerprint density at radius 2 is 1.80 bits per heavy atom. The van der Waals surface area contributed by atoms with Crippen LogP contribution < -0.4 is 10.6 Å². The van der Waals surface area contributed by atoms with Crippen molar-refractivity contribution in [2.45, 2.75) is 31.7 Å². The molecule has 10 nitrogen and oxygen atoms in total. The first-order valence-corrected chi connectivity index (χ1v) is 10.9. The monoisotopic (exact) mass is 435 g/mol. The lowest BCUT2D eigenvalue weighted by atomic mass is 10.2. The van der Waals surface area contributed by atoms with Crippen LogP contribution in [0.2, 0.25) is 0 Å². The van der Waals surface area contributed by atoms with Crippen molar-refractivity contribution in [2.24, 2.45) is 0 Å². The van der Waals surface area contributed by atoms with Gasteiger partial charge in [0, 0.05) is 32.4 Å². The van der Waals surface area contributed by atoms with Crippen LogP contribution >= 0.6 is 0 Å². The number of hydrogen-bond donors (Lipinski definition) is 2. The summed E-state index contributed by atoms with van der Waals surface area (Å²) in [6.45, 7) is 4.99. The molecule has 0 aliphatic carbocycles. The number of carbonyl (C=O) groups excluding carboxylic acids is 2. The molecule has 1 saturated heterocycles. The summed E-state index contributed by atoms with van der Waals surface area (Å²) in [5.41, 5.74) is 1.90. The third-order valence-electron chi connectivity index (χ3n) is 5.00. The van der Waals surface area contributed by atoms with E-state index in [9.17, 15) is 18.0 Å². The maximum absolute atomic E-state index is 13.2. The van der Waals surface area contributed by atoms with Gasteiger partial charge in [0.2, 0.25) is 15.9 Å². The van der Waals surface area contributed by atoms with Crippen LogP contribution in [0.4, 0.5) is 10.5 Å². The number of piperazine rings is 1. The molecule has 0 saturated carbocycles. The molecule has 0 bridgehead atoms. The van der Waals surface area contributed by atoms with Gasteiger partial charge in [0.15, 0.2) is 5.76 Å². The maximum atomic E-state index is 13.2. The van der Waals surface area contributed by atoms with E-state index in [4.69, 9.17) is 4.52 Å². The van der Waals surface area contributed by atoms with Gasteiger partial charge >= 0.3 is 6.03 Å². The van der Waals surface area contributed by atoms with Gasteiger partial charge in [-0.1, -0.05) is 22.9 Å². The SMILES string of the molecule is CNC(=O)C1CN(C(=O)Nc2ccc(C)cc2)CCN1S(=O)(=O)c1c(C)noc1C. The van der Waals surface area contributed by atoms with Crippen LogP contribution in [0.25, 0.3) is 0 Å². The fourth-order valence-corrected chi connectivity index (χ4v) is 5.28. The number of rotatable bonds is 4. The minimum Gasteiger partial charge on any atom is -0.360 e. The Morgan fingerprint density at radius 1 is 1.13 bits per heavy atom. The molecule has 1 aromatic carbocycles. The minimum atomic E-state index is -4.04. The van der Waals surface area contributed by atoms with E-state index in [0.717, 1.165) is 9.87 Å².